The molecule has 0 aliphatic rings. The second-order valence-corrected chi connectivity index (χ2v) is 12.7. The summed E-state index contributed by atoms with van der Waals surface area (Å²) in [5.74, 6) is 0.777. The lowest BCUT2D eigenvalue weighted by Gasteiger charge is -2.49. The van der Waals surface area contributed by atoms with Crippen molar-refractivity contribution in [2.24, 2.45) is 29.1 Å². The van der Waals surface area contributed by atoms with Gasteiger partial charge in [0, 0.05) is 0 Å². The molecule has 0 bridgehead atoms. The van der Waals surface area contributed by atoms with Crippen LogP contribution in [-0.2, 0) is 4.79 Å². The Hall–Kier alpha value is -0.650. The molecule has 0 rings (SSSR count). The molecule has 0 aromatic heterocycles. The zero-order valence-electron chi connectivity index (χ0n) is 27.9. The molecule has 0 heterocycles. The molecule has 0 aromatic carbocycles. The van der Waals surface area contributed by atoms with Crippen molar-refractivity contribution in [1.82, 2.24) is 0 Å². The summed E-state index contributed by atoms with van der Waals surface area (Å²) in [5, 5.41) is 35.1. The van der Waals surface area contributed by atoms with Gasteiger partial charge >= 0.3 is 5.97 Å². The standard InChI is InChI=1S/C32H64O2.C3H8O3/c1-8-12-16-17-18-22-26-30(27(5)23-19-13-9-2)32(31(33)34,28(6)24-20-14-10-3)29(7)25-21-15-11-4;4-1-3(6)2-5/h27-30H,8-26H2,1-7H3,(H,33,34);3-6H,1-2H2. The van der Waals surface area contributed by atoms with Gasteiger partial charge in [-0.3, -0.25) is 4.79 Å². The fourth-order valence-electron chi connectivity index (χ4n) is 6.79. The van der Waals surface area contributed by atoms with Gasteiger partial charge in [-0.2, -0.15) is 0 Å². The smallest absolute Gasteiger partial charge is 0.310 e. The lowest BCUT2D eigenvalue weighted by Crippen LogP contribution is -2.51. The number of hydrogen-bond donors (Lipinski definition) is 4. The van der Waals surface area contributed by atoms with Gasteiger partial charge in [0.05, 0.1) is 18.6 Å². The van der Waals surface area contributed by atoms with E-state index < -0.39 is 17.5 Å². The van der Waals surface area contributed by atoms with Crippen LogP contribution in [0.2, 0.25) is 0 Å². The Morgan fingerprint density at radius 3 is 1.30 bits per heavy atom. The maximum atomic E-state index is 13.4. The summed E-state index contributed by atoms with van der Waals surface area (Å²) in [4.78, 5) is 13.4. The van der Waals surface area contributed by atoms with Crippen LogP contribution in [0.1, 0.15) is 170 Å². The van der Waals surface area contributed by atoms with Gasteiger partial charge in [0.15, 0.2) is 0 Å². The number of aliphatic carboxylic acids is 1. The molecule has 0 saturated heterocycles. The van der Waals surface area contributed by atoms with E-state index in [2.05, 4.69) is 48.5 Å². The van der Waals surface area contributed by atoms with Crippen molar-refractivity contribution >= 4 is 5.97 Å². The topological polar surface area (TPSA) is 98.0 Å². The van der Waals surface area contributed by atoms with Crippen molar-refractivity contribution < 1.29 is 25.2 Å². The summed E-state index contributed by atoms with van der Waals surface area (Å²) in [6.07, 6.45) is 22.1. The molecule has 0 fully saturated rings. The van der Waals surface area contributed by atoms with Gasteiger partial charge in [0.1, 0.15) is 6.10 Å². The highest BCUT2D eigenvalue weighted by atomic mass is 16.4. The van der Waals surface area contributed by atoms with E-state index in [-0.39, 0.29) is 25.0 Å². The monoisotopic (exact) mass is 573 g/mol. The summed E-state index contributed by atoms with van der Waals surface area (Å²) in [5.41, 5.74) is -0.587. The SMILES string of the molecule is CCCCCCCCC(C(C)CCCCC)C(C(=O)O)(C(C)CCCCC)C(C)CCCCC.OCC(O)CO. The minimum absolute atomic E-state index is 0.242. The molecule has 4 N–H and O–H groups in total. The molecular weight excluding hydrogens is 500 g/mol. The van der Waals surface area contributed by atoms with Gasteiger partial charge in [-0.1, -0.05) is 151 Å². The van der Waals surface area contributed by atoms with Crippen molar-refractivity contribution in [3.8, 4) is 0 Å². The predicted octanol–water partition coefficient (Wildman–Crippen LogP) is 9.41. The van der Waals surface area contributed by atoms with Crippen molar-refractivity contribution in [2.75, 3.05) is 13.2 Å². The number of carboxylic acid groups (broad SMARTS) is 1. The average molecular weight is 573 g/mol. The summed E-state index contributed by atoms with van der Waals surface area (Å²) in [7, 11) is 0. The highest BCUT2D eigenvalue weighted by molar-refractivity contribution is 5.76. The van der Waals surface area contributed by atoms with E-state index >= 15 is 0 Å². The minimum atomic E-state index is -0.954. The van der Waals surface area contributed by atoms with Crippen LogP contribution < -0.4 is 0 Å². The third kappa shape index (κ3) is 16.7. The largest absolute Gasteiger partial charge is 0.481 e. The Morgan fingerprint density at radius 2 is 0.925 bits per heavy atom. The average Bonchev–Trinajstić information content (AvgIpc) is 2.94. The van der Waals surface area contributed by atoms with E-state index in [1.54, 1.807) is 0 Å². The van der Waals surface area contributed by atoms with Crippen molar-refractivity contribution in [3.05, 3.63) is 0 Å². The number of carboxylic acids is 1. The van der Waals surface area contributed by atoms with Crippen LogP contribution in [0.25, 0.3) is 0 Å². The highest BCUT2D eigenvalue weighted by Gasteiger charge is 2.54. The Kier molecular flexibility index (Phi) is 28.2. The van der Waals surface area contributed by atoms with Gasteiger partial charge < -0.3 is 20.4 Å². The lowest BCUT2D eigenvalue weighted by atomic mass is 9.54. The molecule has 4 atom stereocenters. The molecule has 0 aliphatic carbocycles. The third-order valence-electron chi connectivity index (χ3n) is 9.34. The molecule has 5 heteroatoms. The van der Waals surface area contributed by atoms with E-state index in [1.165, 1.54) is 103 Å². The van der Waals surface area contributed by atoms with Crippen LogP contribution in [0, 0.1) is 29.1 Å². The molecule has 0 amide bonds. The molecule has 5 nitrogen and oxygen atoms in total. The van der Waals surface area contributed by atoms with Gasteiger partial charge in [0.25, 0.3) is 0 Å². The van der Waals surface area contributed by atoms with Crippen molar-refractivity contribution in [1.29, 1.82) is 0 Å². The molecule has 0 aliphatic heterocycles. The number of carbonyl (C=O) groups is 1. The lowest BCUT2D eigenvalue weighted by molar-refractivity contribution is -0.167. The first-order chi connectivity index (χ1) is 19.1. The Balaban J connectivity index is 0. The number of rotatable bonds is 26. The molecule has 0 aromatic rings. The number of hydrogen-bond acceptors (Lipinski definition) is 4. The Morgan fingerprint density at radius 1 is 0.575 bits per heavy atom. The molecule has 40 heavy (non-hydrogen) atoms. The van der Waals surface area contributed by atoms with E-state index in [0.29, 0.717) is 11.8 Å². The molecule has 242 valence electrons. The van der Waals surface area contributed by atoms with Crippen LogP contribution in [-0.4, -0.2) is 45.7 Å². The van der Waals surface area contributed by atoms with E-state index in [4.69, 9.17) is 15.3 Å². The first-order valence-corrected chi connectivity index (χ1v) is 17.3. The minimum Gasteiger partial charge on any atom is -0.481 e. The van der Waals surface area contributed by atoms with Crippen molar-refractivity contribution in [3.63, 3.8) is 0 Å². The van der Waals surface area contributed by atoms with E-state index in [0.717, 1.165) is 19.3 Å². The normalized spacial score (nSPS) is 16.1. The van der Waals surface area contributed by atoms with Crippen LogP contribution in [0.4, 0.5) is 0 Å². The molecule has 0 saturated carbocycles. The summed E-state index contributed by atoms with van der Waals surface area (Å²) in [6.45, 7) is 15.3. The summed E-state index contributed by atoms with van der Waals surface area (Å²) >= 11 is 0. The number of unbranched alkanes of at least 4 members (excludes halogenated alkanes) is 11. The third-order valence-corrected chi connectivity index (χ3v) is 9.34. The number of aliphatic hydroxyl groups is 3. The molecule has 0 spiro atoms. The fourth-order valence-corrected chi connectivity index (χ4v) is 6.79. The zero-order valence-corrected chi connectivity index (χ0v) is 27.9. The van der Waals surface area contributed by atoms with Crippen LogP contribution >= 0.6 is 0 Å². The van der Waals surface area contributed by atoms with Gasteiger partial charge in [-0.05, 0) is 42.9 Å². The quantitative estimate of drug-likeness (QED) is 0.0774. The first kappa shape index (κ1) is 41.5. The molecule has 4 unspecified atom stereocenters. The van der Waals surface area contributed by atoms with Gasteiger partial charge in [-0.15, -0.1) is 0 Å². The maximum absolute atomic E-state index is 13.4. The Labute approximate surface area is 249 Å². The van der Waals surface area contributed by atoms with Gasteiger partial charge in [-0.25, -0.2) is 0 Å². The van der Waals surface area contributed by atoms with Crippen LogP contribution in [0.15, 0.2) is 0 Å². The predicted molar refractivity (Wildman–Crippen MR) is 172 cm³/mol. The highest BCUT2D eigenvalue weighted by Crippen LogP contribution is 2.52. The summed E-state index contributed by atoms with van der Waals surface area (Å²) < 4.78 is 0. The van der Waals surface area contributed by atoms with Crippen LogP contribution in [0.3, 0.4) is 0 Å². The number of aliphatic hydroxyl groups excluding tert-OH is 3. The summed E-state index contributed by atoms with van der Waals surface area (Å²) in [6, 6.07) is 0. The van der Waals surface area contributed by atoms with E-state index in [1.807, 2.05) is 0 Å². The maximum Gasteiger partial charge on any atom is 0.310 e. The van der Waals surface area contributed by atoms with Crippen LogP contribution in [0.5, 0.6) is 0 Å². The Bertz CT molecular complexity index is 532. The first-order valence-electron chi connectivity index (χ1n) is 17.3. The van der Waals surface area contributed by atoms with E-state index in [9.17, 15) is 9.90 Å². The fraction of sp³-hybridized carbons (Fsp3) is 0.971. The second kappa shape index (κ2) is 27.2. The molecule has 0 radical (unpaired) electrons. The second-order valence-electron chi connectivity index (χ2n) is 12.7. The van der Waals surface area contributed by atoms with Crippen molar-refractivity contribution in [2.45, 2.75) is 177 Å². The molecular formula is C35H72O5. The zero-order chi connectivity index (χ0) is 30.8. The van der Waals surface area contributed by atoms with Gasteiger partial charge in [0.2, 0.25) is 0 Å².